The smallest absolute Gasteiger partial charge is 0.433 e. The number of alkyl halides is 3. The van der Waals surface area contributed by atoms with Crippen LogP contribution in [0.5, 0.6) is 0 Å². The first-order valence-corrected chi connectivity index (χ1v) is 8.21. The van der Waals surface area contributed by atoms with Crippen LogP contribution in [0.1, 0.15) is 61.6 Å². The third-order valence-electron chi connectivity index (χ3n) is 4.75. The summed E-state index contributed by atoms with van der Waals surface area (Å²) in [5.74, 6) is -2.22. The Bertz CT molecular complexity index is 634. The molecule has 6 nitrogen and oxygen atoms in total. The van der Waals surface area contributed by atoms with E-state index >= 15 is 0 Å². The molecule has 0 amide bonds. The van der Waals surface area contributed by atoms with Gasteiger partial charge < -0.3 is 9.84 Å². The van der Waals surface area contributed by atoms with E-state index < -0.39 is 29.4 Å². The second-order valence-electron chi connectivity index (χ2n) is 6.26. The molecule has 1 saturated carbocycles. The molecule has 140 valence electrons. The van der Waals surface area contributed by atoms with E-state index in [1.807, 2.05) is 0 Å². The van der Waals surface area contributed by atoms with Gasteiger partial charge in [0, 0.05) is 0 Å². The number of halogens is 3. The van der Waals surface area contributed by atoms with Gasteiger partial charge >= 0.3 is 18.1 Å². The zero-order valence-corrected chi connectivity index (χ0v) is 14.0. The van der Waals surface area contributed by atoms with Crippen LogP contribution in [-0.2, 0) is 15.7 Å². The Morgan fingerprint density at radius 1 is 1.36 bits per heavy atom. The van der Waals surface area contributed by atoms with Gasteiger partial charge in [-0.1, -0.05) is 6.92 Å². The second kappa shape index (κ2) is 7.45. The first kappa shape index (κ1) is 19.3. The van der Waals surface area contributed by atoms with Gasteiger partial charge in [0.2, 0.25) is 0 Å². The Hall–Kier alpha value is -2.06. The van der Waals surface area contributed by atoms with Crippen molar-refractivity contribution in [2.24, 2.45) is 11.8 Å². The highest BCUT2D eigenvalue weighted by Gasteiger charge is 2.42. The average molecular weight is 362 g/mol. The quantitative estimate of drug-likeness (QED) is 0.811. The summed E-state index contributed by atoms with van der Waals surface area (Å²) in [6, 6.07) is -0.532. The zero-order chi connectivity index (χ0) is 18.8. The first-order valence-electron chi connectivity index (χ1n) is 8.21. The molecule has 1 aliphatic rings. The van der Waals surface area contributed by atoms with Crippen molar-refractivity contribution in [3.63, 3.8) is 0 Å². The fraction of sp³-hybridized carbons (Fsp3) is 0.688. The van der Waals surface area contributed by atoms with Crippen molar-refractivity contribution in [1.29, 1.82) is 0 Å². The molecule has 0 aliphatic heterocycles. The van der Waals surface area contributed by atoms with Crippen LogP contribution in [0, 0.1) is 11.8 Å². The number of hydrogen-bond acceptors (Lipinski definition) is 4. The summed E-state index contributed by atoms with van der Waals surface area (Å²) in [4.78, 5) is 22.8. The van der Waals surface area contributed by atoms with Crippen molar-refractivity contribution in [2.75, 3.05) is 6.61 Å². The topological polar surface area (TPSA) is 81.4 Å². The standard InChI is InChI=1S/C16H21F3N2O4/c1-3-25-15(24)9(2)10-4-6-11(7-5-10)21-13(16(17,18)19)12(8-20-21)14(22)23/h8-11H,3-7H2,1-2H3,(H,22,23)/t9-,10-,11-/m0/s1. The molecule has 1 aromatic heterocycles. The summed E-state index contributed by atoms with van der Waals surface area (Å²) in [6.45, 7) is 3.78. The number of aromatic nitrogens is 2. The molecule has 1 heterocycles. The van der Waals surface area contributed by atoms with Gasteiger partial charge in [0.05, 0.1) is 24.8 Å². The molecule has 1 N–H and O–H groups in total. The first-order chi connectivity index (χ1) is 11.7. The van der Waals surface area contributed by atoms with Crippen molar-refractivity contribution in [2.45, 2.75) is 51.7 Å². The lowest BCUT2D eigenvalue weighted by atomic mass is 9.79. The molecule has 0 saturated heterocycles. The molecule has 0 aromatic carbocycles. The van der Waals surface area contributed by atoms with Crippen molar-refractivity contribution in [3.05, 3.63) is 17.5 Å². The minimum atomic E-state index is -4.79. The van der Waals surface area contributed by atoms with E-state index in [0.29, 0.717) is 32.3 Å². The zero-order valence-electron chi connectivity index (χ0n) is 14.0. The van der Waals surface area contributed by atoms with Crippen LogP contribution in [0.4, 0.5) is 13.2 Å². The number of carbonyl (C=O) groups is 2. The molecular weight excluding hydrogens is 341 g/mol. The van der Waals surface area contributed by atoms with E-state index in [4.69, 9.17) is 9.84 Å². The number of carbonyl (C=O) groups excluding carboxylic acids is 1. The maximum atomic E-state index is 13.3. The third-order valence-corrected chi connectivity index (χ3v) is 4.75. The lowest BCUT2D eigenvalue weighted by Crippen LogP contribution is -2.30. The van der Waals surface area contributed by atoms with Crippen LogP contribution in [0.15, 0.2) is 6.20 Å². The lowest BCUT2D eigenvalue weighted by molar-refractivity contribution is -0.149. The molecule has 25 heavy (non-hydrogen) atoms. The molecule has 2 rings (SSSR count). The summed E-state index contributed by atoms with van der Waals surface area (Å²) in [6.07, 6.45) is -2.12. The van der Waals surface area contributed by atoms with E-state index in [2.05, 4.69) is 5.10 Å². The van der Waals surface area contributed by atoms with Gasteiger partial charge in [-0.25, -0.2) is 4.79 Å². The number of rotatable bonds is 5. The minimum Gasteiger partial charge on any atom is -0.478 e. The predicted octanol–water partition coefficient (Wildman–Crippen LogP) is 3.53. The molecular formula is C16H21F3N2O4. The minimum absolute atomic E-state index is 0.0409. The van der Waals surface area contributed by atoms with Crippen LogP contribution in [-0.4, -0.2) is 33.4 Å². The number of aromatic carboxylic acids is 1. The second-order valence-corrected chi connectivity index (χ2v) is 6.26. The van der Waals surface area contributed by atoms with Gasteiger partial charge in [0.1, 0.15) is 5.56 Å². The molecule has 1 atom stereocenters. The summed E-state index contributed by atoms with van der Waals surface area (Å²) < 4.78 is 45.6. The Morgan fingerprint density at radius 2 is 1.96 bits per heavy atom. The normalized spacial score (nSPS) is 22.4. The third kappa shape index (κ3) is 4.13. The molecule has 1 aromatic rings. The van der Waals surface area contributed by atoms with Crippen LogP contribution in [0.25, 0.3) is 0 Å². The highest BCUT2D eigenvalue weighted by Crippen LogP contribution is 2.40. The maximum absolute atomic E-state index is 13.3. The molecule has 0 spiro atoms. The lowest BCUT2D eigenvalue weighted by Gasteiger charge is -2.32. The fourth-order valence-electron chi connectivity index (χ4n) is 3.39. The van der Waals surface area contributed by atoms with Crippen molar-refractivity contribution in [1.82, 2.24) is 9.78 Å². The van der Waals surface area contributed by atoms with Crippen molar-refractivity contribution in [3.8, 4) is 0 Å². The molecule has 0 radical (unpaired) electrons. The average Bonchev–Trinajstić information content (AvgIpc) is 3.00. The number of hydrogen-bond donors (Lipinski definition) is 1. The van der Waals surface area contributed by atoms with E-state index in [1.165, 1.54) is 0 Å². The number of carboxylic acid groups (broad SMARTS) is 1. The van der Waals surface area contributed by atoms with Gasteiger partial charge in [-0.05, 0) is 38.5 Å². The van der Waals surface area contributed by atoms with Gasteiger partial charge in [0.25, 0.3) is 0 Å². The molecule has 1 aliphatic carbocycles. The Labute approximate surface area is 143 Å². The SMILES string of the molecule is CCOC(=O)[C@@H](C)[C@H]1CC[C@H](n2ncc(C(=O)O)c2C(F)(F)F)CC1. The van der Waals surface area contributed by atoms with E-state index in [0.717, 1.165) is 10.9 Å². The van der Waals surface area contributed by atoms with Crippen LogP contribution in [0.2, 0.25) is 0 Å². The maximum Gasteiger partial charge on any atom is 0.433 e. The highest BCUT2D eigenvalue weighted by molar-refractivity contribution is 5.88. The van der Waals surface area contributed by atoms with Gasteiger partial charge in [-0.15, -0.1) is 0 Å². The van der Waals surface area contributed by atoms with Crippen LogP contribution < -0.4 is 0 Å². The largest absolute Gasteiger partial charge is 0.478 e. The number of esters is 1. The Morgan fingerprint density at radius 3 is 2.44 bits per heavy atom. The Kier molecular flexibility index (Phi) is 5.74. The highest BCUT2D eigenvalue weighted by atomic mass is 19.4. The Balaban J connectivity index is 2.14. The molecule has 0 unspecified atom stereocenters. The van der Waals surface area contributed by atoms with Crippen LogP contribution in [0.3, 0.4) is 0 Å². The van der Waals surface area contributed by atoms with Gasteiger partial charge in [0.15, 0.2) is 5.69 Å². The summed E-state index contributed by atoms with van der Waals surface area (Å²) >= 11 is 0. The van der Waals surface area contributed by atoms with E-state index in [-0.39, 0.29) is 17.8 Å². The fourth-order valence-corrected chi connectivity index (χ4v) is 3.39. The summed E-state index contributed by atoms with van der Waals surface area (Å²) in [5.41, 5.74) is -2.06. The monoisotopic (exact) mass is 362 g/mol. The van der Waals surface area contributed by atoms with E-state index in [1.54, 1.807) is 13.8 Å². The number of ether oxygens (including phenoxy) is 1. The van der Waals surface area contributed by atoms with Crippen molar-refractivity contribution >= 4 is 11.9 Å². The van der Waals surface area contributed by atoms with Crippen molar-refractivity contribution < 1.29 is 32.6 Å². The summed E-state index contributed by atoms with van der Waals surface area (Å²) in [7, 11) is 0. The molecule has 9 heteroatoms. The number of nitrogens with zero attached hydrogens (tertiary/aromatic N) is 2. The number of carboxylic acids is 1. The van der Waals surface area contributed by atoms with Gasteiger partial charge in [-0.3, -0.25) is 9.48 Å². The summed E-state index contributed by atoms with van der Waals surface area (Å²) in [5, 5.41) is 12.6. The predicted molar refractivity (Wildman–Crippen MR) is 81.0 cm³/mol. The van der Waals surface area contributed by atoms with Crippen LogP contribution >= 0.6 is 0 Å². The van der Waals surface area contributed by atoms with Gasteiger partial charge in [-0.2, -0.15) is 18.3 Å². The van der Waals surface area contributed by atoms with E-state index in [9.17, 15) is 22.8 Å². The molecule has 0 bridgehead atoms. The molecule has 1 fully saturated rings.